The molecule has 1 amide bonds. The van der Waals surface area contributed by atoms with Crippen LogP contribution < -0.4 is 5.73 Å². The van der Waals surface area contributed by atoms with Gasteiger partial charge in [0.05, 0.1) is 5.41 Å². The van der Waals surface area contributed by atoms with Crippen molar-refractivity contribution >= 4 is 5.91 Å². The maximum Gasteiger partial charge on any atom is 0.230 e. The first kappa shape index (κ1) is 17.4. The average molecular weight is 283 g/mol. The lowest BCUT2D eigenvalue weighted by molar-refractivity contribution is -0.145. The lowest BCUT2D eigenvalue weighted by atomic mass is 9.74. The normalized spacial score (nSPS) is 18.7. The number of nitrogens with zero attached hydrogens (tertiary/aromatic N) is 2. The second-order valence-corrected chi connectivity index (χ2v) is 7.09. The molecule has 0 aliphatic carbocycles. The molecule has 1 heterocycles. The van der Waals surface area contributed by atoms with Gasteiger partial charge in [-0.1, -0.05) is 13.8 Å². The molecule has 0 bridgehead atoms. The number of likely N-dealkylation sites (tertiary alicyclic amines) is 1. The van der Waals surface area contributed by atoms with Crippen molar-refractivity contribution in [3.63, 3.8) is 0 Å². The van der Waals surface area contributed by atoms with E-state index in [-0.39, 0.29) is 5.91 Å². The van der Waals surface area contributed by atoms with Crippen LogP contribution in [0.25, 0.3) is 0 Å². The zero-order valence-corrected chi connectivity index (χ0v) is 14.2. The molecule has 20 heavy (non-hydrogen) atoms. The fourth-order valence-corrected chi connectivity index (χ4v) is 2.84. The summed E-state index contributed by atoms with van der Waals surface area (Å²) in [4.78, 5) is 17.2. The molecule has 1 fully saturated rings. The van der Waals surface area contributed by atoms with Crippen LogP contribution in [0.5, 0.6) is 0 Å². The minimum absolute atomic E-state index is 0.197. The van der Waals surface area contributed by atoms with Gasteiger partial charge in [-0.15, -0.1) is 0 Å². The van der Waals surface area contributed by atoms with Crippen molar-refractivity contribution in [3.8, 4) is 0 Å². The quantitative estimate of drug-likeness (QED) is 0.840. The van der Waals surface area contributed by atoms with Crippen molar-refractivity contribution in [1.82, 2.24) is 9.80 Å². The highest BCUT2D eigenvalue weighted by atomic mass is 16.2. The monoisotopic (exact) mass is 283 g/mol. The van der Waals surface area contributed by atoms with E-state index in [1.807, 2.05) is 32.6 Å². The first-order valence-electron chi connectivity index (χ1n) is 7.97. The lowest BCUT2D eigenvalue weighted by Crippen LogP contribution is -2.58. The second-order valence-electron chi connectivity index (χ2n) is 7.09. The Bertz CT molecular complexity index is 321. The van der Waals surface area contributed by atoms with Crippen molar-refractivity contribution in [2.45, 2.75) is 66.0 Å². The topological polar surface area (TPSA) is 49.6 Å². The SMILES string of the molecule is CCN(CC)C1CCN(C(=O)C(C)(C)C(C)(C)N)CC1. The van der Waals surface area contributed by atoms with Crippen LogP contribution in [0.2, 0.25) is 0 Å². The molecule has 4 nitrogen and oxygen atoms in total. The zero-order chi connectivity index (χ0) is 15.6. The van der Waals surface area contributed by atoms with Crippen LogP contribution in [-0.4, -0.2) is 53.5 Å². The number of carbonyl (C=O) groups excluding carboxylic acids is 1. The van der Waals surface area contributed by atoms with Crippen LogP contribution in [0.1, 0.15) is 54.4 Å². The van der Waals surface area contributed by atoms with Gasteiger partial charge in [0.25, 0.3) is 0 Å². The average Bonchev–Trinajstić information content (AvgIpc) is 2.39. The summed E-state index contributed by atoms with van der Waals surface area (Å²) in [5, 5.41) is 0. The number of piperidine rings is 1. The highest BCUT2D eigenvalue weighted by Crippen LogP contribution is 2.32. The molecule has 1 rings (SSSR count). The van der Waals surface area contributed by atoms with Gasteiger partial charge < -0.3 is 15.5 Å². The van der Waals surface area contributed by atoms with Gasteiger partial charge in [0.2, 0.25) is 5.91 Å². The van der Waals surface area contributed by atoms with E-state index in [4.69, 9.17) is 5.73 Å². The fraction of sp³-hybridized carbons (Fsp3) is 0.938. The van der Waals surface area contributed by atoms with Crippen molar-refractivity contribution in [1.29, 1.82) is 0 Å². The first-order chi connectivity index (χ1) is 9.15. The van der Waals surface area contributed by atoms with Crippen molar-refractivity contribution in [3.05, 3.63) is 0 Å². The molecule has 1 aliphatic rings. The molecule has 4 heteroatoms. The molecule has 0 aromatic heterocycles. The number of rotatable bonds is 5. The maximum absolute atomic E-state index is 12.7. The van der Waals surface area contributed by atoms with Crippen LogP contribution in [0, 0.1) is 5.41 Å². The molecule has 0 aromatic carbocycles. The van der Waals surface area contributed by atoms with Crippen molar-refractivity contribution in [2.75, 3.05) is 26.2 Å². The van der Waals surface area contributed by atoms with Crippen LogP contribution in [0.3, 0.4) is 0 Å². The molecule has 118 valence electrons. The Hall–Kier alpha value is -0.610. The van der Waals surface area contributed by atoms with Crippen molar-refractivity contribution in [2.24, 2.45) is 11.1 Å². The molecule has 0 unspecified atom stereocenters. The molecule has 2 N–H and O–H groups in total. The number of amides is 1. The smallest absolute Gasteiger partial charge is 0.230 e. The van der Waals surface area contributed by atoms with Gasteiger partial charge in [0, 0.05) is 24.7 Å². The maximum atomic E-state index is 12.7. The Morgan fingerprint density at radius 1 is 1.15 bits per heavy atom. The minimum Gasteiger partial charge on any atom is -0.342 e. The Kier molecular flexibility index (Phi) is 5.61. The Morgan fingerprint density at radius 3 is 1.95 bits per heavy atom. The summed E-state index contributed by atoms with van der Waals surface area (Å²) < 4.78 is 0. The van der Waals surface area contributed by atoms with E-state index < -0.39 is 11.0 Å². The van der Waals surface area contributed by atoms with Gasteiger partial charge in [-0.05, 0) is 53.6 Å². The summed E-state index contributed by atoms with van der Waals surface area (Å²) >= 11 is 0. The summed E-state index contributed by atoms with van der Waals surface area (Å²) in [6, 6.07) is 0.628. The number of hydrogen-bond acceptors (Lipinski definition) is 3. The van der Waals surface area contributed by atoms with E-state index >= 15 is 0 Å². The third-order valence-corrected chi connectivity index (χ3v) is 5.23. The predicted molar refractivity (Wildman–Crippen MR) is 84.6 cm³/mol. The molecule has 0 aromatic rings. The summed E-state index contributed by atoms with van der Waals surface area (Å²) in [7, 11) is 0. The van der Waals surface area contributed by atoms with Gasteiger partial charge in [-0.2, -0.15) is 0 Å². The second kappa shape index (κ2) is 6.44. The summed E-state index contributed by atoms with van der Waals surface area (Å²) in [6.07, 6.45) is 2.16. The van der Waals surface area contributed by atoms with Crippen LogP contribution >= 0.6 is 0 Å². The largest absolute Gasteiger partial charge is 0.342 e. The van der Waals surface area contributed by atoms with Crippen LogP contribution in [0.4, 0.5) is 0 Å². The Labute approximate surface area is 124 Å². The van der Waals surface area contributed by atoms with Crippen LogP contribution in [-0.2, 0) is 4.79 Å². The molecule has 0 atom stereocenters. The number of carbonyl (C=O) groups is 1. The van der Waals surface area contributed by atoms with E-state index in [1.165, 1.54) is 0 Å². The van der Waals surface area contributed by atoms with E-state index in [0.29, 0.717) is 6.04 Å². The Balaban J connectivity index is 2.64. The van der Waals surface area contributed by atoms with Gasteiger partial charge in [0.1, 0.15) is 0 Å². The third kappa shape index (κ3) is 3.53. The third-order valence-electron chi connectivity index (χ3n) is 5.23. The summed E-state index contributed by atoms with van der Waals surface area (Å²) in [5.74, 6) is 0.197. The number of nitrogens with two attached hydrogens (primary N) is 1. The van der Waals surface area contributed by atoms with E-state index in [1.54, 1.807) is 0 Å². The van der Waals surface area contributed by atoms with Crippen LogP contribution in [0.15, 0.2) is 0 Å². The van der Waals surface area contributed by atoms with Gasteiger partial charge >= 0.3 is 0 Å². The van der Waals surface area contributed by atoms with Gasteiger partial charge in [-0.3, -0.25) is 4.79 Å². The standard InChI is InChI=1S/C16H33N3O/c1-7-18(8-2)13-9-11-19(12-10-13)14(20)15(3,4)16(5,6)17/h13H,7-12,17H2,1-6H3. The minimum atomic E-state index is -0.519. The molecular weight excluding hydrogens is 250 g/mol. The molecule has 1 aliphatic heterocycles. The molecular formula is C16H33N3O. The first-order valence-corrected chi connectivity index (χ1v) is 7.97. The predicted octanol–water partition coefficient (Wildman–Crippen LogP) is 2.08. The summed E-state index contributed by atoms with van der Waals surface area (Å²) in [5.41, 5.74) is 5.16. The van der Waals surface area contributed by atoms with Gasteiger partial charge in [-0.25, -0.2) is 0 Å². The fourth-order valence-electron chi connectivity index (χ4n) is 2.84. The molecule has 0 saturated carbocycles. The lowest BCUT2D eigenvalue weighted by Gasteiger charge is -2.44. The highest BCUT2D eigenvalue weighted by Gasteiger charge is 2.43. The van der Waals surface area contributed by atoms with E-state index in [2.05, 4.69) is 18.7 Å². The highest BCUT2D eigenvalue weighted by molar-refractivity contribution is 5.83. The molecule has 1 saturated heterocycles. The zero-order valence-electron chi connectivity index (χ0n) is 14.2. The van der Waals surface area contributed by atoms with E-state index in [9.17, 15) is 4.79 Å². The summed E-state index contributed by atoms with van der Waals surface area (Å²) in [6.45, 7) is 16.1. The van der Waals surface area contributed by atoms with Crippen molar-refractivity contribution < 1.29 is 4.79 Å². The number of hydrogen-bond donors (Lipinski definition) is 1. The molecule has 0 spiro atoms. The van der Waals surface area contributed by atoms with E-state index in [0.717, 1.165) is 39.0 Å². The Morgan fingerprint density at radius 2 is 1.60 bits per heavy atom. The molecule has 0 radical (unpaired) electrons. The van der Waals surface area contributed by atoms with Gasteiger partial charge in [0.15, 0.2) is 0 Å².